The predicted octanol–water partition coefficient (Wildman–Crippen LogP) is 2.12. The molecule has 0 saturated carbocycles. The molecule has 0 aliphatic carbocycles. The van der Waals surface area contributed by atoms with Gasteiger partial charge in [-0.1, -0.05) is 30.3 Å². The second-order valence-corrected chi connectivity index (χ2v) is 4.79. The van der Waals surface area contributed by atoms with Crippen LogP contribution in [-0.2, 0) is 6.42 Å². The summed E-state index contributed by atoms with van der Waals surface area (Å²) in [4.78, 5) is 18.1. The third kappa shape index (κ3) is 3.82. The molecule has 1 heterocycles. The molecule has 1 amide bonds. The lowest BCUT2D eigenvalue weighted by atomic mass is 10.1. The fraction of sp³-hybridized carbons (Fsp3) is 0.250. The molecule has 20 heavy (non-hydrogen) atoms. The van der Waals surface area contributed by atoms with Crippen molar-refractivity contribution < 1.29 is 4.79 Å². The number of aromatic nitrogens is 1. The Kier molecular flexibility index (Phi) is 4.71. The van der Waals surface area contributed by atoms with Crippen LogP contribution in [0.1, 0.15) is 16.1 Å². The molecule has 1 aromatic heterocycles. The monoisotopic (exact) mass is 269 g/mol. The van der Waals surface area contributed by atoms with Gasteiger partial charge in [0.2, 0.25) is 0 Å². The van der Waals surface area contributed by atoms with Gasteiger partial charge in [0.1, 0.15) is 5.69 Å². The molecule has 0 atom stereocenters. The highest BCUT2D eigenvalue weighted by molar-refractivity contribution is 5.93. The van der Waals surface area contributed by atoms with Crippen LogP contribution in [0.5, 0.6) is 0 Å². The Morgan fingerprint density at radius 3 is 2.65 bits per heavy atom. The summed E-state index contributed by atoms with van der Waals surface area (Å²) in [5.41, 5.74) is 2.63. The number of anilines is 1. The van der Waals surface area contributed by atoms with Crippen molar-refractivity contribution in [3.63, 3.8) is 0 Å². The second-order valence-electron chi connectivity index (χ2n) is 4.79. The fourth-order valence-corrected chi connectivity index (χ4v) is 1.88. The second kappa shape index (κ2) is 6.70. The van der Waals surface area contributed by atoms with Gasteiger partial charge >= 0.3 is 0 Å². The van der Waals surface area contributed by atoms with E-state index in [1.807, 2.05) is 43.3 Å². The maximum Gasteiger partial charge on any atom is 0.269 e. The normalized spacial score (nSPS) is 10.1. The van der Waals surface area contributed by atoms with Crippen molar-refractivity contribution in [2.75, 3.05) is 25.5 Å². The predicted molar refractivity (Wildman–Crippen MR) is 81.0 cm³/mol. The van der Waals surface area contributed by atoms with Gasteiger partial charge in [0, 0.05) is 32.5 Å². The molecule has 0 aliphatic rings. The van der Waals surface area contributed by atoms with E-state index in [1.165, 1.54) is 5.56 Å². The number of hydrogen-bond acceptors (Lipinski definition) is 3. The Morgan fingerprint density at radius 1 is 1.20 bits per heavy atom. The minimum Gasteiger partial charge on any atom is -0.378 e. The first-order valence-corrected chi connectivity index (χ1v) is 6.62. The average molecular weight is 269 g/mol. The van der Waals surface area contributed by atoms with Gasteiger partial charge in [-0.25, -0.2) is 0 Å². The van der Waals surface area contributed by atoms with Crippen LogP contribution in [0.2, 0.25) is 0 Å². The van der Waals surface area contributed by atoms with Crippen LogP contribution in [0.3, 0.4) is 0 Å². The summed E-state index contributed by atoms with van der Waals surface area (Å²) < 4.78 is 0. The number of nitrogens with zero attached hydrogens (tertiary/aromatic N) is 2. The summed E-state index contributed by atoms with van der Waals surface area (Å²) in [6, 6.07) is 13.8. The zero-order valence-corrected chi connectivity index (χ0v) is 11.8. The van der Waals surface area contributed by atoms with Gasteiger partial charge in [-0.2, -0.15) is 0 Å². The van der Waals surface area contributed by atoms with E-state index in [-0.39, 0.29) is 5.91 Å². The molecule has 2 aromatic rings. The van der Waals surface area contributed by atoms with Crippen LogP contribution in [0.15, 0.2) is 48.7 Å². The number of rotatable bonds is 5. The zero-order valence-electron chi connectivity index (χ0n) is 11.8. The van der Waals surface area contributed by atoms with Crippen molar-refractivity contribution >= 4 is 11.6 Å². The third-order valence-electron chi connectivity index (χ3n) is 3.03. The highest BCUT2D eigenvalue weighted by atomic mass is 16.1. The van der Waals surface area contributed by atoms with Crippen LogP contribution >= 0.6 is 0 Å². The molecule has 0 saturated heterocycles. The van der Waals surface area contributed by atoms with E-state index >= 15 is 0 Å². The van der Waals surface area contributed by atoms with Gasteiger partial charge in [-0.05, 0) is 24.1 Å². The summed E-state index contributed by atoms with van der Waals surface area (Å²) in [5, 5.41) is 2.89. The van der Waals surface area contributed by atoms with Gasteiger partial charge in [0.15, 0.2) is 0 Å². The minimum absolute atomic E-state index is 0.135. The first kappa shape index (κ1) is 14.1. The average Bonchev–Trinajstić information content (AvgIpc) is 2.48. The summed E-state index contributed by atoms with van der Waals surface area (Å²) in [7, 11) is 3.87. The van der Waals surface area contributed by atoms with E-state index in [9.17, 15) is 4.79 Å². The molecule has 1 N–H and O–H groups in total. The van der Waals surface area contributed by atoms with E-state index < -0.39 is 0 Å². The number of nitrogens with one attached hydrogen (secondary N) is 1. The number of benzene rings is 1. The van der Waals surface area contributed by atoms with Crippen LogP contribution < -0.4 is 10.2 Å². The van der Waals surface area contributed by atoms with Crippen molar-refractivity contribution in [1.29, 1.82) is 0 Å². The Hall–Kier alpha value is -2.36. The topological polar surface area (TPSA) is 45.2 Å². The third-order valence-corrected chi connectivity index (χ3v) is 3.03. The van der Waals surface area contributed by atoms with Gasteiger partial charge in [-0.15, -0.1) is 0 Å². The molecule has 2 rings (SSSR count). The highest BCUT2D eigenvalue weighted by Gasteiger charge is 2.08. The van der Waals surface area contributed by atoms with Crippen molar-refractivity contribution in [3.05, 3.63) is 59.9 Å². The summed E-state index contributed by atoms with van der Waals surface area (Å²) >= 11 is 0. The van der Waals surface area contributed by atoms with Gasteiger partial charge in [0.25, 0.3) is 5.91 Å². The van der Waals surface area contributed by atoms with Crippen molar-refractivity contribution in [3.8, 4) is 0 Å². The molecular weight excluding hydrogens is 250 g/mol. The maximum atomic E-state index is 12.0. The molecular formula is C16H19N3O. The lowest BCUT2D eigenvalue weighted by molar-refractivity contribution is 0.0949. The van der Waals surface area contributed by atoms with Crippen LogP contribution in [0.25, 0.3) is 0 Å². The molecule has 104 valence electrons. The quantitative estimate of drug-likeness (QED) is 0.904. The molecule has 1 aromatic carbocycles. The molecule has 4 heteroatoms. The number of hydrogen-bond donors (Lipinski definition) is 1. The van der Waals surface area contributed by atoms with Crippen LogP contribution in [-0.4, -0.2) is 31.5 Å². The Labute approximate surface area is 119 Å². The van der Waals surface area contributed by atoms with E-state index in [4.69, 9.17) is 0 Å². The Bertz CT molecular complexity index is 567. The Morgan fingerprint density at radius 2 is 1.95 bits per heavy atom. The fourth-order valence-electron chi connectivity index (χ4n) is 1.88. The largest absolute Gasteiger partial charge is 0.378 e. The molecule has 0 spiro atoms. The molecule has 0 unspecified atom stereocenters. The van der Waals surface area contributed by atoms with E-state index in [0.29, 0.717) is 12.2 Å². The smallest absolute Gasteiger partial charge is 0.269 e. The summed E-state index contributed by atoms with van der Waals surface area (Å²) in [6.07, 6.45) is 2.47. The lowest BCUT2D eigenvalue weighted by Gasteiger charge is -2.12. The lowest BCUT2D eigenvalue weighted by Crippen LogP contribution is -2.26. The molecule has 0 bridgehead atoms. The van der Waals surface area contributed by atoms with Crippen molar-refractivity contribution in [2.24, 2.45) is 0 Å². The SMILES string of the molecule is CN(C)c1ccnc(C(=O)NCCc2ccccc2)c1. The van der Waals surface area contributed by atoms with Gasteiger partial charge in [-0.3, -0.25) is 9.78 Å². The first-order chi connectivity index (χ1) is 9.66. The molecule has 4 nitrogen and oxygen atoms in total. The standard InChI is InChI=1S/C16H19N3O/c1-19(2)14-9-11-17-15(12-14)16(20)18-10-8-13-6-4-3-5-7-13/h3-7,9,11-12H,8,10H2,1-2H3,(H,18,20). The summed E-state index contributed by atoms with van der Waals surface area (Å²) in [5.74, 6) is -0.135. The van der Waals surface area contributed by atoms with Gasteiger partial charge < -0.3 is 10.2 Å². The van der Waals surface area contributed by atoms with Crippen molar-refractivity contribution in [1.82, 2.24) is 10.3 Å². The molecule has 0 aliphatic heterocycles. The van der Waals surface area contributed by atoms with E-state index in [0.717, 1.165) is 12.1 Å². The molecule has 0 fully saturated rings. The van der Waals surface area contributed by atoms with Gasteiger partial charge in [0.05, 0.1) is 0 Å². The van der Waals surface area contributed by atoms with Crippen molar-refractivity contribution in [2.45, 2.75) is 6.42 Å². The van der Waals surface area contributed by atoms with Crippen LogP contribution in [0, 0.1) is 0 Å². The Balaban J connectivity index is 1.90. The number of carbonyl (C=O) groups is 1. The number of amides is 1. The minimum atomic E-state index is -0.135. The molecule has 0 radical (unpaired) electrons. The summed E-state index contributed by atoms with van der Waals surface area (Å²) in [6.45, 7) is 0.608. The van der Waals surface area contributed by atoms with E-state index in [2.05, 4.69) is 22.4 Å². The number of carbonyl (C=O) groups excluding carboxylic acids is 1. The highest BCUT2D eigenvalue weighted by Crippen LogP contribution is 2.10. The number of pyridine rings is 1. The zero-order chi connectivity index (χ0) is 14.4. The first-order valence-electron chi connectivity index (χ1n) is 6.62. The van der Waals surface area contributed by atoms with E-state index in [1.54, 1.807) is 12.3 Å². The van der Waals surface area contributed by atoms with Crippen LogP contribution in [0.4, 0.5) is 5.69 Å². The maximum absolute atomic E-state index is 12.0.